The van der Waals surface area contributed by atoms with Crippen LogP contribution in [0.25, 0.3) is 0 Å². The summed E-state index contributed by atoms with van der Waals surface area (Å²) in [6.45, 7) is 2.00. The molecular formula is C11H14ClNS. The van der Waals surface area contributed by atoms with Gasteiger partial charge >= 0.3 is 0 Å². The Hall–Kier alpha value is -0.490. The maximum absolute atomic E-state index is 6.11. The lowest BCUT2D eigenvalue weighted by Gasteiger charge is -2.08. The Morgan fingerprint density at radius 2 is 2.43 bits per heavy atom. The number of rotatable bonds is 4. The van der Waals surface area contributed by atoms with Crippen molar-refractivity contribution in [2.24, 2.45) is 5.73 Å². The number of hydrogen-bond acceptors (Lipinski definition) is 2. The molecule has 0 aliphatic carbocycles. The lowest BCUT2D eigenvalue weighted by Crippen LogP contribution is -2.08. The van der Waals surface area contributed by atoms with Gasteiger partial charge in [0.1, 0.15) is 0 Å². The highest BCUT2D eigenvalue weighted by Crippen LogP contribution is 2.33. The van der Waals surface area contributed by atoms with Crippen LogP contribution in [0.1, 0.15) is 35.7 Å². The number of nitrogens with two attached hydrogens (primary N) is 1. The third kappa shape index (κ3) is 2.75. The molecule has 1 aromatic heterocycles. The minimum atomic E-state index is 0.0366. The Bertz CT molecular complexity index is 338. The van der Waals surface area contributed by atoms with E-state index >= 15 is 0 Å². The number of terminal acetylenes is 1. The molecule has 0 bridgehead atoms. The van der Waals surface area contributed by atoms with Gasteiger partial charge in [0, 0.05) is 17.3 Å². The summed E-state index contributed by atoms with van der Waals surface area (Å²) in [5.41, 5.74) is 7.12. The fourth-order valence-corrected chi connectivity index (χ4v) is 2.63. The van der Waals surface area contributed by atoms with E-state index in [1.165, 1.54) is 0 Å². The highest BCUT2D eigenvalue weighted by molar-refractivity contribution is 7.10. The molecule has 76 valence electrons. The van der Waals surface area contributed by atoms with Crippen LogP contribution in [0.5, 0.6) is 0 Å². The van der Waals surface area contributed by atoms with Gasteiger partial charge in [-0.2, -0.15) is 0 Å². The lowest BCUT2D eigenvalue weighted by molar-refractivity contribution is 0.630. The maximum Gasteiger partial charge on any atom is 0.0590 e. The van der Waals surface area contributed by atoms with Crippen molar-refractivity contribution in [1.29, 1.82) is 0 Å². The van der Waals surface area contributed by atoms with Gasteiger partial charge in [0.15, 0.2) is 0 Å². The van der Waals surface area contributed by atoms with Gasteiger partial charge < -0.3 is 5.73 Å². The minimum absolute atomic E-state index is 0.0366. The molecule has 1 atom stereocenters. The van der Waals surface area contributed by atoms with Crippen molar-refractivity contribution in [2.75, 3.05) is 0 Å². The Kier molecular flexibility index (Phi) is 4.47. The van der Waals surface area contributed by atoms with Gasteiger partial charge in [-0.1, -0.05) is 11.6 Å². The van der Waals surface area contributed by atoms with E-state index in [1.54, 1.807) is 11.3 Å². The Balaban J connectivity index is 2.57. The van der Waals surface area contributed by atoms with Crippen molar-refractivity contribution < 1.29 is 0 Å². The molecule has 14 heavy (non-hydrogen) atoms. The van der Waals surface area contributed by atoms with Crippen LogP contribution < -0.4 is 5.73 Å². The molecule has 1 nitrogen and oxygen atoms in total. The predicted molar refractivity (Wildman–Crippen MR) is 63.7 cm³/mol. The van der Waals surface area contributed by atoms with E-state index in [9.17, 15) is 0 Å². The zero-order valence-corrected chi connectivity index (χ0v) is 9.79. The van der Waals surface area contributed by atoms with Crippen molar-refractivity contribution in [2.45, 2.75) is 32.2 Å². The Morgan fingerprint density at radius 1 is 1.71 bits per heavy atom. The first-order valence-electron chi connectivity index (χ1n) is 4.59. The number of halogens is 1. The molecule has 0 amide bonds. The van der Waals surface area contributed by atoms with Crippen LogP contribution in [0.2, 0.25) is 5.02 Å². The third-order valence-corrected chi connectivity index (χ3v) is 3.94. The van der Waals surface area contributed by atoms with Gasteiger partial charge in [0.2, 0.25) is 0 Å². The van der Waals surface area contributed by atoms with Crippen molar-refractivity contribution >= 4 is 22.9 Å². The van der Waals surface area contributed by atoms with Gasteiger partial charge in [0.05, 0.1) is 5.02 Å². The van der Waals surface area contributed by atoms with Crippen molar-refractivity contribution in [3.63, 3.8) is 0 Å². The van der Waals surface area contributed by atoms with Gasteiger partial charge in [-0.3, -0.25) is 0 Å². The Labute approximate surface area is 94.3 Å². The number of thiophene rings is 1. The molecule has 2 N–H and O–H groups in total. The predicted octanol–water partition coefficient (Wildman–Crippen LogP) is 3.51. The quantitative estimate of drug-likeness (QED) is 0.618. The van der Waals surface area contributed by atoms with Gasteiger partial charge in [0.25, 0.3) is 0 Å². The summed E-state index contributed by atoms with van der Waals surface area (Å²) in [7, 11) is 0. The summed E-state index contributed by atoms with van der Waals surface area (Å²) in [5, 5.41) is 2.86. The lowest BCUT2D eigenvalue weighted by atomic mass is 10.1. The average molecular weight is 228 g/mol. The summed E-state index contributed by atoms with van der Waals surface area (Å²) in [6, 6.07) is 0.0366. The van der Waals surface area contributed by atoms with Gasteiger partial charge in [-0.25, -0.2) is 0 Å². The van der Waals surface area contributed by atoms with Crippen LogP contribution in [0.4, 0.5) is 0 Å². The summed E-state index contributed by atoms with van der Waals surface area (Å²) in [6.07, 6.45) is 7.83. The van der Waals surface area contributed by atoms with Crippen LogP contribution in [0, 0.1) is 19.3 Å². The number of hydrogen-bond donors (Lipinski definition) is 1. The topological polar surface area (TPSA) is 26.0 Å². The second kappa shape index (κ2) is 5.41. The largest absolute Gasteiger partial charge is 0.323 e. The van der Waals surface area contributed by atoms with Gasteiger partial charge in [-0.15, -0.1) is 23.7 Å². The third-order valence-electron chi connectivity index (χ3n) is 2.10. The zero-order chi connectivity index (χ0) is 10.6. The van der Waals surface area contributed by atoms with Crippen LogP contribution in [0.3, 0.4) is 0 Å². The molecule has 0 saturated heterocycles. The highest BCUT2D eigenvalue weighted by Gasteiger charge is 2.13. The fourth-order valence-electron chi connectivity index (χ4n) is 1.25. The molecule has 1 unspecified atom stereocenters. The van der Waals surface area contributed by atoms with Crippen LogP contribution >= 0.6 is 22.9 Å². The molecule has 0 aliphatic heterocycles. The molecule has 3 heteroatoms. The van der Waals surface area contributed by atoms with Crippen LogP contribution in [-0.4, -0.2) is 0 Å². The summed E-state index contributed by atoms with van der Waals surface area (Å²) < 4.78 is 0. The smallest absolute Gasteiger partial charge is 0.0590 e. The van der Waals surface area contributed by atoms with E-state index in [0.717, 1.165) is 34.7 Å². The first kappa shape index (κ1) is 11.6. The molecule has 0 spiro atoms. The summed E-state index contributed by atoms with van der Waals surface area (Å²) in [5.74, 6) is 2.61. The fraction of sp³-hybridized carbons (Fsp3) is 0.455. The molecule has 1 heterocycles. The van der Waals surface area contributed by atoms with Crippen LogP contribution in [0.15, 0.2) is 5.38 Å². The number of aryl methyl sites for hydroxylation is 1. The van der Waals surface area contributed by atoms with Crippen LogP contribution in [-0.2, 0) is 0 Å². The molecule has 0 radical (unpaired) electrons. The Morgan fingerprint density at radius 3 is 2.93 bits per heavy atom. The van der Waals surface area contributed by atoms with E-state index < -0.39 is 0 Å². The van der Waals surface area contributed by atoms with E-state index in [4.69, 9.17) is 23.8 Å². The molecule has 1 rings (SSSR count). The molecular weight excluding hydrogens is 214 g/mol. The highest BCUT2D eigenvalue weighted by atomic mass is 35.5. The monoisotopic (exact) mass is 227 g/mol. The normalized spacial score (nSPS) is 12.4. The average Bonchev–Trinajstić information content (AvgIpc) is 2.48. The molecule has 0 aliphatic rings. The standard InChI is InChI=1S/C11H14ClNS/c1-3-4-5-6-9(13)11-10(12)8(2)7-14-11/h1,7,9H,4-6,13H2,2H3. The first-order valence-corrected chi connectivity index (χ1v) is 5.85. The minimum Gasteiger partial charge on any atom is -0.323 e. The number of unbranched alkanes of at least 4 members (excludes halogenated alkanes) is 1. The molecule has 1 aromatic rings. The van der Waals surface area contributed by atoms with Crippen molar-refractivity contribution in [1.82, 2.24) is 0 Å². The summed E-state index contributed by atoms with van der Waals surface area (Å²) in [4.78, 5) is 1.08. The van der Waals surface area contributed by atoms with Crippen molar-refractivity contribution in [3.05, 3.63) is 20.8 Å². The SMILES string of the molecule is C#CCCCC(N)c1scc(C)c1Cl. The van der Waals surface area contributed by atoms with Gasteiger partial charge in [-0.05, 0) is 30.7 Å². The summed E-state index contributed by atoms with van der Waals surface area (Å²) >= 11 is 7.74. The second-order valence-corrected chi connectivity index (χ2v) is 4.59. The maximum atomic E-state index is 6.11. The second-order valence-electron chi connectivity index (χ2n) is 3.30. The van der Waals surface area contributed by atoms with E-state index in [2.05, 4.69) is 5.92 Å². The molecule has 0 aromatic carbocycles. The first-order chi connectivity index (χ1) is 6.66. The zero-order valence-electron chi connectivity index (χ0n) is 8.22. The molecule has 0 fully saturated rings. The molecule has 0 saturated carbocycles. The van der Waals surface area contributed by atoms with E-state index in [-0.39, 0.29) is 6.04 Å². The van der Waals surface area contributed by atoms with E-state index in [0.29, 0.717) is 0 Å². The van der Waals surface area contributed by atoms with Crippen molar-refractivity contribution in [3.8, 4) is 12.3 Å². The van der Waals surface area contributed by atoms with E-state index in [1.807, 2.05) is 12.3 Å².